The molecule has 0 aromatic heterocycles. The summed E-state index contributed by atoms with van der Waals surface area (Å²) >= 11 is 0. The average Bonchev–Trinajstić information content (AvgIpc) is 2.64. The van der Waals surface area contributed by atoms with Gasteiger partial charge in [0.05, 0.1) is 17.5 Å². The molecule has 1 amide bonds. The third-order valence-corrected chi connectivity index (χ3v) is 5.40. The van der Waals surface area contributed by atoms with Crippen LogP contribution in [-0.2, 0) is 27.4 Å². The van der Waals surface area contributed by atoms with Crippen molar-refractivity contribution < 1.29 is 26.4 Å². The molecule has 158 valence electrons. The van der Waals surface area contributed by atoms with Crippen molar-refractivity contribution in [3.05, 3.63) is 65.7 Å². The maximum atomic E-state index is 12.9. The minimum absolute atomic E-state index is 0.0692. The highest BCUT2D eigenvalue weighted by Crippen LogP contribution is 2.32. The molecule has 2 rings (SSSR count). The summed E-state index contributed by atoms with van der Waals surface area (Å²) in [6, 6.07) is 13.7. The molecule has 29 heavy (non-hydrogen) atoms. The van der Waals surface area contributed by atoms with Gasteiger partial charge in [-0.1, -0.05) is 36.4 Å². The Morgan fingerprint density at radius 2 is 1.76 bits per heavy atom. The SMILES string of the molecule is CS(=O)(=O)N(CCCC(=O)NCCc1ccccc1)c1cccc(C(F)(F)F)c1. The van der Waals surface area contributed by atoms with Gasteiger partial charge in [0, 0.05) is 19.5 Å². The lowest BCUT2D eigenvalue weighted by Gasteiger charge is -2.23. The molecular weight excluding hydrogens is 405 g/mol. The van der Waals surface area contributed by atoms with Gasteiger partial charge in [-0.25, -0.2) is 8.42 Å². The summed E-state index contributed by atoms with van der Waals surface area (Å²) in [6.07, 6.45) is -2.72. The van der Waals surface area contributed by atoms with Crippen molar-refractivity contribution in [1.29, 1.82) is 0 Å². The van der Waals surface area contributed by atoms with E-state index in [2.05, 4.69) is 5.32 Å². The number of sulfonamides is 1. The van der Waals surface area contributed by atoms with E-state index in [1.807, 2.05) is 30.3 Å². The molecule has 0 radical (unpaired) electrons. The van der Waals surface area contributed by atoms with E-state index >= 15 is 0 Å². The number of hydrogen-bond donors (Lipinski definition) is 1. The summed E-state index contributed by atoms with van der Waals surface area (Å²) in [5.74, 6) is -0.238. The van der Waals surface area contributed by atoms with Gasteiger partial charge in [-0.15, -0.1) is 0 Å². The van der Waals surface area contributed by atoms with Crippen LogP contribution in [0, 0.1) is 0 Å². The topological polar surface area (TPSA) is 66.5 Å². The van der Waals surface area contributed by atoms with E-state index in [0.717, 1.165) is 34.3 Å². The van der Waals surface area contributed by atoms with Crippen LogP contribution in [0.15, 0.2) is 54.6 Å². The molecule has 0 aliphatic heterocycles. The lowest BCUT2D eigenvalue weighted by molar-refractivity contribution is -0.137. The number of carbonyl (C=O) groups is 1. The molecule has 0 heterocycles. The van der Waals surface area contributed by atoms with E-state index in [4.69, 9.17) is 0 Å². The van der Waals surface area contributed by atoms with Crippen LogP contribution in [0.2, 0.25) is 0 Å². The number of amides is 1. The quantitative estimate of drug-likeness (QED) is 0.664. The van der Waals surface area contributed by atoms with Crippen LogP contribution in [0.25, 0.3) is 0 Å². The Balaban J connectivity index is 1.90. The first-order valence-corrected chi connectivity index (χ1v) is 10.9. The van der Waals surface area contributed by atoms with Crippen molar-refractivity contribution in [3.63, 3.8) is 0 Å². The van der Waals surface area contributed by atoms with Crippen LogP contribution < -0.4 is 9.62 Å². The maximum Gasteiger partial charge on any atom is 0.416 e. The number of anilines is 1. The van der Waals surface area contributed by atoms with Crippen molar-refractivity contribution in [2.45, 2.75) is 25.4 Å². The second kappa shape index (κ2) is 9.78. The monoisotopic (exact) mass is 428 g/mol. The number of benzene rings is 2. The van der Waals surface area contributed by atoms with Crippen molar-refractivity contribution in [1.82, 2.24) is 5.32 Å². The molecule has 0 spiro atoms. The minimum Gasteiger partial charge on any atom is -0.356 e. The molecule has 1 N–H and O–H groups in total. The molecule has 9 heteroatoms. The van der Waals surface area contributed by atoms with E-state index in [-0.39, 0.29) is 31.0 Å². The first kappa shape index (κ1) is 22.7. The zero-order chi connectivity index (χ0) is 21.5. The molecule has 5 nitrogen and oxygen atoms in total. The Morgan fingerprint density at radius 1 is 1.07 bits per heavy atom. The summed E-state index contributed by atoms with van der Waals surface area (Å²) in [6.45, 7) is 0.360. The van der Waals surface area contributed by atoms with Crippen molar-refractivity contribution >= 4 is 21.6 Å². The third-order valence-electron chi connectivity index (χ3n) is 4.21. The Morgan fingerprint density at radius 3 is 2.38 bits per heavy atom. The molecule has 0 atom stereocenters. The van der Waals surface area contributed by atoms with Crippen LogP contribution >= 0.6 is 0 Å². The van der Waals surface area contributed by atoms with Crippen molar-refractivity contribution in [2.24, 2.45) is 0 Å². The van der Waals surface area contributed by atoms with Gasteiger partial charge in [0.25, 0.3) is 0 Å². The fourth-order valence-electron chi connectivity index (χ4n) is 2.79. The molecule has 2 aromatic carbocycles. The second-order valence-corrected chi connectivity index (χ2v) is 8.48. The number of hydrogen-bond acceptors (Lipinski definition) is 3. The normalized spacial score (nSPS) is 11.9. The number of carbonyl (C=O) groups excluding carboxylic acids is 1. The van der Waals surface area contributed by atoms with E-state index in [9.17, 15) is 26.4 Å². The van der Waals surface area contributed by atoms with Crippen molar-refractivity contribution in [3.8, 4) is 0 Å². The van der Waals surface area contributed by atoms with Gasteiger partial charge in [0.2, 0.25) is 15.9 Å². The zero-order valence-corrected chi connectivity index (χ0v) is 16.8. The Kier molecular flexibility index (Phi) is 7.66. The van der Waals surface area contributed by atoms with E-state index in [0.29, 0.717) is 13.0 Å². The summed E-state index contributed by atoms with van der Waals surface area (Å²) in [5.41, 5.74) is 0.0784. The van der Waals surface area contributed by atoms with Gasteiger partial charge in [0.1, 0.15) is 0 Å². The van der Waals surface area contributed by atoms with Crippen LogP contribution in [0.3, 0.4) is 0 Å². The summed E-state index contributed by atoms with van der Waals surface area (Å²) in [5, 5.41) is 2.76. The molecule has 0 aliphatic rings. The molecule has 0 fully saturated rings. The lowest BCUT2D eigenvalue weighted by atomic mass is 10.1. The molecule has 0 aliphatic carbocycles. The standard InChI is InChI=1S/C20H23F3N2O3S/c1-29(27,28)25(18-10-5-9-17(15-18)20(21,22)23)14-6-11-19(26)24-13-12-16-7-3-2-4-8-16/h2-5,7-10,15H,6,11-14H2,1H3,(H,24,26). The number of nitrogens with one attached hydrogen (secondary N) is 1. The fraction of sp³-hybridized carbons (Fsp3) is 0.350. The number of nitrogens with zero attached hydrogens (tertiary/aromatic N) is 1. The van der Waals surface area contributed by atoms with E-state index in [1.54, 1.807) is 0 Å². The second-order valence-electron chi connectivity index (χ2n) is 6.57. The van der Waals surface area contributed by atoms with Gasteiger partial charge < -0.3 is 5.32 Å². The van der Waals surface area contributed by atoms with Gasteiger partial charge in [-0.2, -0.15) is 13.2 Å². The lowest BCUT2D eigenvalue weighted by Crippen LogP contribution is -2.32. The van der Waals surface area contributed by atoms with Gasteiger partial charge >= 0.3 is 6.18 Å². The highest BCUT2D eigenvalue weighted by molar-refractivity contribution is 7.92. The molecule has 2 aromatic rings. The molecule has 0 saturated carbocycles. The molecule has 0 bridgehead atoms. The van der Waals surface area contributed by atoms with E-state index < -0.39 is 21.8 Å². The first-order valence-electron chi connectivity index (χ1n) is 9.03. The minimum atomic E-state index is -4.57. The summed E-state index contributed by atoms with van der Waals surface area (Å²) in [4.78, 5) is 12.0. The molecule has 0 unspecified atom stereocenters. The van der Waals surface area contributed by atoms with Crippen LogP contribution in [-0.4, -0.2) is 33.7 Å². The largest absolute Gasteiger partial charge is 0.416 e. The Labute approximate surface area is 168 Å². The Bertz CT molecular complexity index is 916. The third kappa shape index (κ3) is 7.41. The highest BCUT2D eigenvalue weighted by Gasteiger charge is 2.31. The van der Waals surface area contributed by atoms with Gasteiger partial charge in [0.15, 0.2) is 0 Å². The van der Waals surface area contributed by atoms with Crippen LogP contribution in [0.1, 0.15) is 24.0 Å². The fourth-order valence-corrected chi connectivity index (χ4v) is 3.74. The van der Waals surface area contributed by atoms with Crippen LogP contribution in [0.5, 0.6) is 0 Å². The number of rotatable bonds is 9. The van der Waals surface area contributed by atoms with Crippen LogP contribution in [0.4, 0.5) is 18.9 Å². The van der Waals surface area contributed by atoms with Gasteiger partial charge in [-0.3, -0.25) is 9.10 Å². The van der Waals surface area contributed by atoms with E-state index in [1.165, 1.54) is 6.07 Å². The maximum absolute atomic E-state index is 12.9. The molecule has 0 saturated heterocycles. The molecular formula is C20H23F3N2O3S. The predicted molar refractivity (Wildman–Crippen MR) is 106 cm³/mol. The predicted octanol–water partition coefficient (Wildman–Crippen LogP) is 3.61. The summed E-state index contributed by atoms with van der Waals surface area (Å²) in [7, 11) is -3.80. The van der Waals surface area contributed by atoms with Gasteiger partial charge in [-0.05, 0) is 36.6 Å². The number of halogens is 3. The summed E-state index contributed by atoms with van der Waals surface area (Å²) < 4.78 is 63.7. The van der Waals surface area contributed by atoms with Crippen molar-refractivity contribution in [2.75, 3.05) is 23.7 Å². The smallest absolute Gasteiger partial charge is 0.356 e. The average molecular weight is 428 g/mol. The Hall–Kier alpha value is -2.55. The number of alkyl halides is 3. The first-order chi connectivity index (χ1) is 13.6. The highest BCUT2D eigenvalue weighted by atomic mass is 32.2. The zero-order valence-electron chi connectivity index (χ0n) is 15.9.